The molecule has 2 atom stereocenters. The van der Waals surface area contributed by atoms with E-state index >= 15 is 0 Å². The van der Waals surface area contributed by atoms with Gasteiger partial charge in [-0.1, -0.05) is 24.6 Å². The molecular formula is C21H28N4O. The van der Waals surface area contributed by atoms with Gasteiger partial charge in [-0.05, 0) is 43.9 Å². The van der Waals surface area contributed by atoms with E-state index in [0.717, 1.165) is 31.0 Å². The van der Waals surface area contributed by atoms with Crippen LogP contribution in [0.3, 0.4) is 0 Å². The fraction of sp³-hybridized carbons (Fsp3) is 0.524. The second kappa shape index (κ2) is 7.23. The number of nitrogens with zero attached hydrogens (tertiary/aromatic N) is 2. The first kappa shape index (κ1) is 17.3. The van der Waals surface area contributed by atoms with Crippen LogP contribution in [0.4, 0.5) is 0 Å². The van der Waals surface area contributed by atoms with Crippen LogP contribution in [0.1, 0.15) is 38.2 Å². The molecule has 0 amide bonds. The third-order valence-electron chi connectivity index (χ3n) is 6.16. The summed E-state index contributed by atoms with van der Waals surface area (Å²) in [4.78, 5) is 8.87. The van der Waals surface area contributed by atoms with Gasteiger partial charge in [0.2, 0.25) is 0 Å². The van der Waals surface area contributed by atoms with E-state index in [1.54, 1.807) is 0 Å². The SMILES string of the molecule is CCOC1CC(NC(=NC)NCc2ccnc3ccccc23)C12CCC2. The normalized spacial score (nSPS) is 24.2. The monoisotopic (exact) mass is 352 g/mol. The molecule has 0 radical (unpaired) electrons. The molecule has 2 aliphatic carbocycles. The highest BCUT2D eigenvalue weighted by atomic mass is 16.5. The predicted octanol–water partition coefficient (Wildman–Crippen LogP) is 3.25. The number of nitrogens with one attached hydrogen (secondary N) is 2. The van der Waals surface area contributed by atoms with Gasteiger partial charge in [-0.15, -0.1) is 0 Å². The Kier molecular flexibility index (Phi) is 4.81. The van der Waals surface area contributed by atoms with Gasteiger partial charge < -0.3 is 15.4 Å². The minimum absolute atomic E-state index is 0.330. The molecule has 0 saturated heterocycles. The molecule has 1 aromatic carbocycles. The maximum absolute atomic E-state index is 5.95. The van der Waals surface area contributed by atoms with Crippen molar-refractivity contribution in [1.29, 1.82) is 0 Å². The lowest BCUT2D eigenvalue weighted by Crippen LogP contribution is -2.68. The van der Waals surface area contributed by atoms with Crippen LogP contribution >= 0.6 is 0 Å². The van der Waals surface area contributed by atoms with E-state index in [-0.39, 0.29) is 0 Å². The van der Waals surface area contributed by atoms with Crippen LogP contribution in [0.25, 0.3) is 10.9 Å². The van der Waals surface area contributed by atoms with Crippen molar-refractivity contribution in [3.8, 4) is 0 Å². The number of aliphatic imine (C=N–C) groups is 1. The Morgan fingerprint density at radius 2 is 2.15 bits per heavy atom. The van der Waals surface area contributed by atoms with Gasteiger partial charge in [0.15, 0.2) is 5.96 Å². The highest BCUT2D eigenvalue weighted by Gasteiger charge is 2.59. The molecule has 5 nitrogen and oxygen atoms in total. The summed E-state index contributed by atoms with van der Waals surface area (Å²) in [5.41, 5.74) is 2.59. The van der Waals surface area contributed by atoms with Gasteiger partial charge in [-0.3, -0.25) is 9.98 Å². The molecule has 1 spiro atoms. The lowest BCUT2D eigenvalue weighted by Gasteiger charge is -2.61. The van der Waals surface area contributed by atoms with E-state index in [2.05, 4.69) is 51.8 Å². The van der Waals surface area contributed by atoms with Gasteiger partial charge in [0, 0.05) is 43.2 Å². The molecule has 0 bridgehead atoms. The lowest BCUT2D eigenvalue weighted by atomic mass is 9.51. The van der Waals surface area contributed by atoms with Crippen molar-refractivity contribution in [2.24, 2.45) is 10.4 Å². The standard InChI is InChI=1S/C21H28N4O/c1-3-26-19-13-18(21(19)10-6-11-21)25-20(22-2)24-14-15-9-12-23-17-8-5-4-7-16(15)17/h4-5,7-9,12,18-19H,3,6,10-11,13-14H2,1-2H3,(H2,22,24,25). The minimum atomic E-state index is 0.330. The van der Waals surface area contributed by atoms with Crippen molar-refractivity contribution in [3.05, 3.63) is 42.1 Å². The molecule has 4 rings (SSSR count). The van der Waals surface area contributed by atoms with Crippen molar-refractivity contribution in [1.82, 2.24) is 15.6 Å². The summed E-state index contributed by atoms with van der Waals surface area (Å²) >= 11 is 0. The molecule has 1 aromatic heterocycles. The summed E-state index contributed by atoms with van der Waals surface area (Å²) in [6.45, 7) is 3.63. The van der Waals surface area contributed by atoms with Gasteiger partial charge in [-0.2, -0.15) is 0 Å². The van der Waals surface area contributed by atoms with Crippen molar-refractivity contribution in [3.63, 3.8) is 0 Å². The second-order valence-electron chi connectivity index (χ2n) is 7.38. The first-order valence-electron chi connectivity index (χ1n) is 9.68. The summed E-state index contributed by atoms with van der Waals surface area (Å²) in [5.74, 6) is 0.872. The van der Waals surface area contributed by atoms with Crippen LogP contribution in [0.2, 0.25) is 0 Å². The van der Waals surface area contributed by atoms with Crippen molar-refractivity contribution in [2.75, 3.05) is 13.7 Å². The first-order chi connectivity index (χ1) is 12.8. The second-order valence-corrected chi connectivity index (χ2v) is 7.38. The summed E-state index contributed by atoms with van der Waals surface area (Å²) < 4.78 is 5.95. The Bertz CT molecular complexity index is 794. The molecule has 5 heteroatoms. The van der Waals surface area contributed by atoms with Crippen LogP contribution in [-0.2, 0) is 11.3 Å². The lowest BCUT2D eigenvalue weighted by molar-refractivity contribution is -0.168. The van der Waals surface area contributed by atoms with Gasteiger partial charge in [-0.25, -0.2) is 0 Å². The zero-order valence-electron chi connectivity index (χ0n) is 15.7. The number of ether oxygens (including phenoxy) is 1. The summed E-state index contributed by atoms with van der Waals surface area (Å²) in [7, 11) is 1.84. The van der Waals surface area contributed by atoms with Gasteiger partial charge in [0.1, 0.15) is 0 Å². The number of benzene rings is 1. The number of guanidine groups is 1. The molecule has 2 unspecified atom stereocenters. The molecule has 2 saturated carbocycles. The van der Waals surface area contributed by atoms with E-state index in [4.69, 9.17) is 4.74 Å². The first-order valence-corrected chi connectivity index (χ1v) is 9.68. The number of hydrogen-bond donors (Lipinski definition) is 2. The Hall–Kier alpha value is -2.14. The van der Waals surface area contributed by atoms with E-state index in [1.165, 1.54) is 30.2 Å². The molecule has 2 N–H and O–H groups in total. The zero-order chi connectivity index (χ0) is 18.0. The Balaban J connectivity index is 1.40. The topological polar surface area (TPSA) is 58.5 Å². The fourth-order valence-corrected chi connectivity index (χ4v) is 4.49. The van der Waals surface area contributed by atoms with Crippen LogP contribution in [-0.4, -0.2) is 36.7 Å². The maximum Gasteiger partial charge on any atom is 0.191 e. The molecule has 2 aromatic rings. The van der Waals surface area contributed by atoms with Crippen molar-refractivity contribution < 1.29 is 4.74 Å². The summed E-state index contributed by atoms with van der Waals surface area (Å²) in [5, 5.41) is 8.31. The summed E-state index contributed by atoms with van der Waals surface area (Å²) in [6, 6.07) is 10.8. The Morgan fingerprint density at radius 1 is 1.31 bits per heavy atom. The average molecular weight is 352 g/mol. The van der Waals surface area contributed by atoms with Crippen molar-refractivity contribution in [2.45, 2.75) is 51.3 Å². The van der Waals surface area contributed by atoms with Crippen LogP contribution in [0.5, 0.6) is 0 Å². The van der Waals surface area contributed by atoms with E-state index in [9.17, 15) is 0 Å². The number of rotatable bonds is 5. The summed E-state index contributed by atoms with van der Waals surface area (Å²) in [6.07, 6.45) is 7.21. The predicted molar refractivity (Wildman–Crippen MR) is 105 cm³/mol. The van der Waals surface area contributed by atoms with Gasteiger partial charge in [0.05, 0.1) is 11.6 Å². The molecular weight excluding hydrogens is 324 g/mol. The molecule has 2 fully saturated rings. The van der Waals surface area contributed by atoms with E-state index < -0.39 is 0 Å². The molecule has 0 aliphatic heterocycles. The Morgan fingerprint density at radius 3 is 2.88 bits per heavy atom. The number of fused-ring (bicyclic) bond motifs is 1. The third kappa shape index (κ3) is 2.94. The minimum Gasteiger partial charge on any atom is -0.378 e. The van der Waals surface area contributed by atoms with Crippen LogP contribution < -0.4 is 10.6 Å². The third-order valence-corrected chi connectivity index (χ3v) is 6.16. The van der Waals surface area contributed by atoms with Gasteiger partial charge in [0.25, 0.3) is 0 Å². The van der Waals surface area contributed by atoms with Crippen LogP contribution in [0, 0.1) is 5.41 Å². The van der Waals surface area contributed by atoms with E-state index in [0.29, 0.717) is 17.6 Å². The van der Waals surface area contributed by atoms with Crippen molar-refractivity contribution >= 4 is 16.9 Å². The maximum atomic E-state index is 5.95. The smallest absolute Gasteiger partial charge is 0.191 e. The number of aromatic nitrogens is 1. The average Bonchev–Trinajstić information content (AvgIpc) is 2.62. The van der Waals surface area contributed by atoms with Crippen LogP contribution in [0.15, 0.2) is 41.5 Å². The quantitative estimate of drug-likeness (QED) is 0.641. The molecule has 138 valence electrons. The van der Waals surface area contributed by atoms with E-state index in [1.807, 2.05) is 19.3 Å². The molecule has 2 aliphatic rings. The number of para-hydroxylation sites is 1. The highest BCUT2D eigenvalue weighted by molar-refractivity contribution is 5.84. The van der Waals surface area contributed by atoms with Gasteiger partial charge >= 0.3 is 0 Å². The largest absolute Gasteiger partial charge is 0.378 e. The Labute approximate surface area is 155 Å². The molecule has 1 heterocycles. The number of pyridine rings is 1. The number of hydrogen-bond acceptors (Lipinski definition) is 3. The fourth-order valence-electron chi connectivity index (χ4n) is 4.49. The molecule has 26 heavy (non-hydrogen) atoms. The highest BCUT2D eigenvalue weighted by Crippen LogP contribution is 2.57. The zero-order valence-corrected chi connectivity index (χ0v) is 15.7.